The van der Waals surface area contributed by atoms with Crippen LogP contribution in [0.5, 0.6) is 5.75 Å². The first-order chi connectivity index (χ1) is 13.8. The van der Waals surface area contributed by atoms with Gasteiger partial charge < -0.3 is 14.8 Å². The summed E-state index contributed by atoms with van der Waals surface area (Å²) in [5.41, 5.74) is 1.83. The lowest BCUT2D eigenvalue weighted by atomic mass is 10.1. The molecule has 1 heterocycles. The van der Waals surface area contributed by atoms with E-state index in [1.807, 2.05) is 0 Å². The lowest BCUT2D eigenvalue weighted by Gasteiger charge is -2.16. The Hall–Kier alpha value is -2.58. The smallest absolute Gasteiger partial charge is 0.262 e. The molecule has 2 aromatic rings. The minimum atomic E-state index is -3.89. The monoisotopic (exact) mass is 418 g/mol. The second-order valence-corrected chi connectivity index (χ2v) is 8.66. The van der Waals surface area contributed by atoms with Crippen molar-refractivity contribution in [2.45, 2.75) is 37.7 Å². The van der Waals surface area contributed by atoms with Gasteiger partial charge in [-0.1, -0.05) is 12.1 Å². The van der Waals surface area contributed by atoms with Gasteiger partial charge in [-0.3, -0.25) is 9.52 Å². The second-order valence-electron chi connectivity index (χ2n) is 7.01. The van der Waals surface area contributed by atoms with Gasteiger partial charge >= 0.3 is 0 Å². The van der Waals surface area contributed by atoms with Crippen LogP contribution in [0.4, 0.5) is 5.69 Å². The summed E-state index contributed by atoms with van der Waals surface area (Å²) in [6, 6.07) is 9.67. The maximum Gasteiger partial charge on any atom is 0.262 e. The summed E-state index contributed by atoms with van der Waals surface area (Å²) >= 11 is 0. The zero-order chi connectivity index (χ0) is 21.0. The first kappa shape index (κ1) is 21.1. The molecule has 0 radical (unpaired) electrons. The highest BCUT2D eigenvalue weighted by Crippen LogP contribution is 2.29. The van der Waals surface area contributed by atoms with E-state index in [0.717, 1.165) is 18.4 Å². The summed E-state index contributed by atoms with van der Waals surface area (Å²) in [5, 5.41) is 2.83. The minimum Gasteiger partial charge on any atom is -0.496 e. The molecule has 2 aromatic carbocycles. The molecular formula is C21H26N2O5S. The van der Waals surface area contributed by atoms with Crippen molar-refractivity contribution in [1.82, 2.24) is 5.32 Å². The molecule has 0 bridgehead atoms. The van der Waals surface area contributed by atoms with Crippen LogP contribution in [0.2, 0.25) is 0 Å². The fourth-order valence-electron chi connectivity index (χ4n) is 3.36. The van der Waals surface area contributed by atoms with E-state index in [1.54, 1.807) is 51.3 Å². The summed E-state index contributed by atoms with van der Waals surface area (Å²) in [5.74, 6) is 0.275. The average Bonchev–Trinajstić information content (AvgIpc) is 3.21. The largest absolute Gasteiger partial charge is 0.496 e. The predicted molar refractivity (Wildman–Crippen MR) is 111 cm³/mol. The Bertz CT molecular complexity index is 998. The van der Waals surface area contributed by atoms with Gasteiger partial charge in [-0.25, -0.2) is 8.42 Å². The van der Waals surface area contributed by atoms with Crippen LogP contribution in [0.3, 0.4) is 0 Å². The Morgan fingerprint density at radius 3 is 2.62 bits per heavy atom. The first-order valence-corrected chi connectivity index (χ1v) is 11.0. The lowest BCUT2D eigenvalue weighted by Crippen LogP contribution is -2.32. The van der Waals surface area contributed by atoms with Gasteiger partial charge in [0.25, 0.3) is 15.9 Å². The quantitative estimate of drug-likeness (QED) is 0.721. The number of amides is 1. The third-order valence-corrected chi connectivity index (χ3v) is 6.64. The van der Waals surface area contributed by atoms with Gasteiger partial charge in [0, 0.05) is 13.2 Å². The van der Waals surface area contributed by atoms with E-state index < -0.39 is 10.0 Å². The molecule has 1 saturated heterocycles. The molecule has 3 rings (SSSR count). The number of methoxy groups -OCH3 is 1. The average molecular weight is 419 g/mol. The molecule has 1 aliphatic heterocycles. The first-order valence-electron chi connectivity index (χ1n) is 9.49. The van der Waals surface area contributed by atoms with Crippen molar-refractivity contribution in [2.24, 2.45) is 0 Å². The molecule has 156 valence electrons. The molecule has 1 atom stereocenters. The minimum absolute atomic E-state index is 0.00716. The van der Waals surface area contributed by atoms with Crippen molar-refractivity contribution < 1.29 is 22.7 Å². The Kier molecular flexibility index (Phi) is 6.44. The van der Waals surface area contributed by atoms with Gasteiger partial charge in [0.05, 0.1) is 29.4 Å². The van der Waals surface area contributed by atoms with Gasteiger partial charge in [0.1, 0.15) is 5.75 Å². The number of carbonyl (C=O) groups excluding carboxylic acids is 1. The zero-order valence-electron chi connectivity index (χ0n) is 16.8. The number of nitrogens with one attached hydrogen (secondary N) is 2. The number of ether oxygens (including phenoxy) is 2. The van der Waals surface area contributed by atoms with E-state index >= 15 is 0 Å². The molecule has 7 nitrogen and oxygen atoms in total. The molecule has 1 aliphatic rings. The Morgan fingerprint density at radius 1 is 1.17 bits per heavy atom. The molecule has 1 fully saturated rings. The number of hydrogen-bond acceptors (Lipinski definition) is 5. The van der Waals surface area contributed by atoms with Crippen LogP contribution in [0, 0.1) is 13.8 Å². The van der Waals surface area contributed by atoms with Crippen LogP contribution in [-0.4, -0.2) is 40.7 Å². The maximum absolute atomic E-state index is 13.0. The zero-order valence-corrected chi connectivity index (χ0v) is 17.6. The summed E-state index contributed by atoms with van der Waals surface area (Å²) in [4.78, 5) is 12.8. The molecular weight excluding hydrogens is 392 g/mol. The number of rotatable bonds is 7. The van der Waals surface area contributed by atoms with Gasteiger partial charge in [0.15, 0.2) is 0 Å². The number of anilines is 1. The molecule has 1 amide bonds. The Balaban J connectivity index is 1.83. The highest BCUT2D eigenvalue weighted by Gasteiger charge is 2.23. The van der Waals surface area contributed by atoms with Gasteiger partial charge in [-0.2, -0.15) is 0 Å². The third kappa shape index (κ3) is 4.71. The fraction of sp³-hybridized carbons (Fsp3) is 0.381. The molecule has 0 saturated carbocycles. The summed E-state index contributed by atoms with van der Waals surface area (Å²) < 4.78 is 39.3. The number of carbonyl (C=O) groups is 1. The van der Waals surface area contributed by atoms with Crippen molar-refractivity contribution in [3.63, 3.8) is 0 Å². The van der Waals surface area contributed by atoms with Crippen LogP contribution in [-0.2, 0) is 14.8 Å². The summed E-state index contributed by atoms with van der Waals surface area (Å²) in [6.45, 7) is 4.64. The van der Waals surface area contributed by atoms with Crippen LogP contribution in [0.1, 0.15) is 34.3 Å². The second kappa shape index (κ2) is 8.84. The normalized spacial score (nSPS) is 16.4. The van der Waals surface area contributed by atoms with Crippen molar-refractivity contribution >= 4 is 21.6 Å². The Labute approximate surface area is 171 Å². The maximum atomic E-state index is 13.0. The van der Waals surface area contributed by atoms with E-state index in [1.165, 1.54) is 6.07 Å². The van der Waals surface area contributed by atoms with E-state index in [9.17, 15) is 13.2 Å². The molecule has 0 spiro atoms. The SMILES string of the molecule is COc1ccc(S(=O)(=O)Nc2ccccc2C(=O)NC[C@H]2CCCO2)c(C)c1C. The highest BCUT2D eigenvalue weighted by atomic mass is 32.2. The standard InChI is InChI=1S/C21H26N2O5S/c1-14-15(2)20(11-10-19(14)27-3)29(25,26)23-18-9-5-4-8-17(18)21(24)22-13-16-7-6-12-28-16/h4-5,8-11,16,23H,6-7,12-13H2,1-3H3,(H,22,24)/t16-/m1/s1. The molecule has 0 unspecified atom stereocenters. The molecule has 0 aliphatic carbocycles. The van der Waals surface area contributed by atoms with E-state index in [0.29, 0.717) is 24.5 Å². The highest BCUT2D eigenvalue weighted by molar-refractivity contribution is 7.92. The van der Waals surface area contributed by atoms with Crippen molar-refractivity contribution in [3.8, 4) is 5.75 Å². The molecule has 8 heteroatoms. The fourth-order valence-corrected chi connectivity index (χ4v) is 4.74. The number of hydrogen-bond donors (Lipinski definition) is 2. The van der Waals surface area contributed by atoms with Crippen LogP contribution < -0.4 is 14.8 Å². The van der Waals surface area contributed by atoms with E-state index in [2.05, 4.69) is 10.0 Å². The van der Waals surface area contributed by atoms with Crippen LogP contribution in [0.15, 0.2) is 41.3 Å². The lowest BCUT2D eigenvalue weighted by molar-refractivity contribution is 0.0858. The van der Waals surface area contributed by atoms with Crippen molar-refractivity contribution in [3.05, 3.63) is 53.1 Å². The van der Waals surface area contributed by atoms with Crippen LogP contribution >= 0.6 is 0 Å². The van der Waals surface area contributed by atoms with Crippen molar-refractivity contribution in [1.29, 1.82) is 0 Å². The number of para-hydroxylation sites is 1. The molecule has 2 N–H and O–H groups in total. The molecule has 0 aromatic heterocycles. The Morgan fingerprint density at radius 2 is 1.93 bits per heavy atom. The topological polar surface area (TPSA) is 93.7 Å². The summed E-state index contributed by atoms with van der Waals surface area (Å²) in [7, 11) is -2.35. The van der Waals surface area contributed by atoms with E-state index in [-0.39, 0.29) is 28.2 Å². The predicted octanol–water partition coefficient (Wildman–Crippen LogP) is 3.02. The van der Waals surface area contributed by atoms with E-state index in [4.69, 9.17) is 9.47 Å². The summed E-state index contributed by atoms with van der Waals surface area (Å²) in [6.07, 6.45) is 1.90. The van der Waals surface area contributed by atoms with Crippen molar-refractivity contribution in [2.75, 3.05) is 25.0 Å². The third-order valence-electron chi connectivity index (χ3n) is 5.13. The molecule has 29 heavy (non-hydrogen) atoms. The number of sulfonamides is 1. The van der Waals surface area contributed by atoms with Gasteiger partial charge in [-0.05, 0) is 62.1 Å². The van der Waals surface area contributed by atoms with Gasteiger partial charge in [0.2, 0.25) is 0 Å². The van der Waals surface area contributed by atoms with Gasteiger partial charge in [-0.15, -0.1) is 0 Å². The number of benzene rings is 2. The van der Waals surface area contributed by atoms with Crippen LogP contribution in [0.25, 0.3) is 0 Å².